The zero-order valence-electron chi connectivity index (χ0n) is 10.7. The van der Waals surface area contributed by atoms with Gasteiger partial charge in [-0.25, -0.2) is 0 Å². The molecule has 88 valence electrons. The second-order valence-corrected chi connectivity index (χ2v) is 7.02. The Morgan fingerprint density at radius 2 is 2.00 bits per heavy atom. The van der Waals surface area contributed by atoms with Gasteiger partial charge in [-0.1, -0.05) is 32.9 Å². The van der Waals surface area contributed by atoms with E-state index < -0.39 is 0 Å². The monoisotopic (exact) mass is 218 g/mol. The minimum atomic E-state index is -0.0772. The maximum absolute atomic E-state index is 12.4. The van der Waals surface area contributed by atoms with E-state index in [1.54, 1.807) is 0 Å². The molecule has 0 aromatic heterocycles. The fraction of sp³-hybridized carbons (Fsp3) is 0.800. The van der Waals surface area contributed by atoms with Crippen LogP contribution in [0.4, 0.5) is 0 Å². The third-order valence-corrected chi connectivity index (χ3v) is 5.93. The van der Waals surface area contributed by atoms with E-state index in [4.69, 9.17) is 0 Å². The fourth-order valence-corrected chi connectivity index (χ4v) is 4.82. The number of allylic oxidation sites excluding steroid dienone is 1. The summed E-state index contributed by atoms with van der Waals surface area (Å²) < 4.78 is 0. The molecule has 0 unspecified atom stereocenters. The Balaban J connectivity index is 2.02. The van der Waals surface area contributed by atoms with Gasteiger partial charge in [0.2, 0.25) is 0 Å². The molecule has 3 rings (SSSR count). The lowest BCUT2D eigenvalue weighted by atomic mass is 9.70. The van der Waals surface area contributed by atoms with Crippen molar-refractivity contribution in [2.45, 2.75) is 46.5 Å². The Morgan fingerprint density at radius 3 is 2.69 bits per heavy atom. The van der Waals surface area contributed by atoms with Gasteiger partial charge >= 0.3 is 0 Å². The summed E-state index contributed by atoms with van der Waals surface area (Å²) in [4.78, 5) is 12.4. The van der Waals surface area contributed by atoms with Crippen molar-refractivity contribution in [3.05, 3.63) is 12.2 Å². The van der Waals surface area contributed by atoms with Crippen LogP contribution < -0.4 is 0 Å². The summed E-state index contributed by atoms with van der Waals surface area (Å²) in [6.45, 7) is 10.9. The van der Waals surface area contributed by atoms with Gasteiger partial charge in [-0.15, -0.1) is 0 Å². The minimum Gasteiger partial charge on any atom is -0.299 e. The predicted molar refractivity (Wildman–Crippen MR) is 65.0 cm³/mol. The van der Waals surface area contributed by atoms with Crippen LogP contribution in [0, 0.1) is 28.6 Å². The Labute approximate surface area is 98.3 Å². The maximum Gasteiger partial charge on any atom is 0.141 e. The van der Waals surface area contributed by atoms with Gasteiger partial charge in [-0.05, 0) is 42.9 Å². The highest BCUT2D eigenvalue weighted by Gasteiger charge is 2.63. The first-order chi connectivity index (χ1) is 7.37. The predicted octanol–water partition coefficient (Wildman–Crippen LogP) is 3.59. The third-order valence-electron chi connectivity index (χ3n) is 5.93. The highest BCUT2D eigenvalue weighted by molar-refractivity contribution is 5.89. The summed E-state index contributed by atoms with van der Waals surface area (Å²) in [6, 6.07) is 0. The highest BCUT2D eigenvalue weighted by atomic mass is 16.1. The molecule has 16 heavy (non-hydrogen) atoms. The van der Waals surface area contributed by atoms with E-state index in [9.17, 15) is 4.79 Å². The lowest BCUT2D eigenvalue weighted by Gasteiger charge is -2.33. The van der Waals surface area contributed by atoms with Crippen molar-refractivity contribution in [2.24, 2.45) is 28.6 Å². The summed E-state index contributed by atoms with van der Waals surface area (Å²) in [5.74, 6) is 2.22. The fourth-order valence-electron chi connectivity index (χ4n) is 4.82. The molecule has 0 aromatic rings. The number of carbonyl (C=O) groups is 1. The first kappa shape index (κ1) is 10.6. The van der Waals surface area contributed by atoms with Gasteiger partial charge in [0.25, 0.3) is 0 Å². The van der Waals surface area contributed by atoms with Crippen molar-refractivity contribution in [1.82, 2.24) is 0 Å². The summed E-state index contributed by atoms with van der Waals surface area (Å²) in [5.41, 5.74) is 1.64. The number of carbonyl (C=O) groups excluding carboxylic acids is 1. The van der Waals surface area contributed by atoms with Gasteiger partial charge in [-0.3, -0.25) is 4.79 Å². The standard InChI is InChI=1S/C15H22O/c1-9-5-6-10-7-11-12(15(9,10)4)8-14(2,3)13(11)16/h10-12H,1,5-8H2,2-4H3/t10-,11+,12+,15-/m1/s1. The molecule has 0 amide bonds. The third kappa shape index (κ3) is 1.00. The highest BCUT2D eigenvalue weighted by Crippen LogP contribution is 2.67. The van der Waals surface area contributed by atoms with Crippen molar-refractivity contribution >= 4 is 5.78 Å². The van der Waals surface area contributed by atoms with E-state index in [1.165, 1.54) is 18.4 Å². The molecular formula is C15H22O. The second kappa shape index (κ2) is 2.80. The average Bonchev–Trinajstić information content (AvgIpc) is 2.71. The smallest absolute Gasteiger partial charge is 0.141 e. The first-order valence-electron chi connectivity index (χ1n) is 6.60. The van der Waals surface area contributed by atoms with Crippen molar-refractivity contribution in [3.8, 4) is 0 Å². The molecule has 0 saturated heterocycles. The van der Waals surface area contributed by atoms with Crippen molar-refractivity contribution in [1.29, 1.82) is 0 Å². The van der Waals surface area contributed by atoms with Crippen LogP contribution in [-0.4, -0.2) is 5.78 Å². The van der Waals surface area contributed by atoms with Crippen LogP contribution in [0.15, 0.2) is 12.2 Å². The summed E-state index contributed by atoms with van der Waals surface area (Å²) in [5, 5.41) is 0. The molecule has 1 nitrogen and oxygen atoms in total. The molecule has 0 radical (unpaired) electrons. The molecule has 0 bridgehead atoms. The van der Waals surface area contributed by atoms with Gasteiger partial charge < -0.3 is 0 Å². The molecule has 0 spiro atoms. The molecule has 3 saturated carbocycles. The van der Waals surface area contributed by atoms with E-state index in [-0.39, 0.29) is 10.8 Å². The number of Topliss-reactive ketones (excluding diaryl/α,β-unsaturated/α-hetero) is 1. The second-order valence-electron chi connectivity index (χ2n) is 7.02. The van der Waals surface area contributed by atoms with Gasteiger partial charge in [0.15, 0.2) is 0 Å². The number of hydrogen-bond acceptors (Lipinski definition) is 1. The van der Waals surface area contributed by atoms with Crippen LogP contribution in [0.25, 0.3) is 0 Å². The molecule has 3 aliphatic rings. The van der Waals surface area contributed by atoms with E-state index in [0.29, 0.717) is 17.6 Å². The van der Waals surface area contributed by atoms with Crippen LogP contribution in [0.2, 0.25) is 0 Å². The van der Waals surface area contributed by atoms with Crippen LogP contribution in [0.3, 0.4) is 0 Å². The Bertz CT molecular complexity index is 379. The Morgan fingerprint density at radius 1 is 1.31 bits per heavy atom. The number of fused-ring (bicyclic) bond motifs is 3. The van der Waals surface area contributed by atoms with Crippen molar-refractivity contribution in [2.75, 3.05) is 0 Å². The molecule has 3 aliphatic carbocycles. The lowest BCUT2D eigenvalue weighted by molar-refractivity contribution is -0.127. The quantitative estimate of drug-likeness (QED) is 0.568. The van der Waals surface area contributed by atoms with Crippen molar-refractivity contribution < 1.29 is 4.79 Å². The molecule has 0 aliphatic heterocycles. The zero-order chi connectivity index (χ0) is 11.7. The molecule has 0 aromatic carbocycles. The summed E-state index contributed by atoms with van der Waals surface area (Å²) in [6.07, 6.45) is 4.69. The molecule has 4 atom stereocenters. The Hall–Kier alpha value is -0.590. The molecular weight excluding hydrogens is 196 g/mol. The van der Waals surface area contributed by atoms with Gasteiger partial charge in [0.05, 0.1) is 0 Å². The van der Waals surface area contributed by atoms with Crippen LogP contribution >= 0.6 is 0 Å². The van der Waals surface area contributed by atoms with E-state index in [0.717, 1.165) is 18.8 Å². The Kier molecular flexibility index (Phi) is 1.85. The van der Waals surface area contributed by atoms with Crippen LogP contribution in [-0.2, 0) is 4.79 Å². The average molecular weight is 218 g/mol. The van der Waals surface area contributed by atoms with Gasteiger partial charge in [0, 0.05) is 11.3 Å². The first-order valence-corrected chi connectivity index (χ1v) is 6.60. The maximum atomic E-state index is 12.4. The summed E-state index contributed by atoms with van der Waals surface area (Å²) >= 11 is 0. The number of ketones is 1. The topological polar surface area (TPSA) is 17.1 Å². The van der Waals surface area contributed by atoms with Gasteiger partial charge in [-0.2, -0.15) is 0 Å². The lowest BCUT2D eigenvalue weighted by Crippen LogP contribution is -2.27. The minimum absolute atomic E-state index is 0.0772. The van der Waals surface area contributed by atoms with E-state index >= 15 is 0 Å². The normalized spacial score (nSPS) is 49.6. The number of rotatable bonds is 0. The van der Waals surface area contributed by atoms with Crippen molar-refractivity contribution in [3.63, 3.8) is 0 Å². The number of hydrogen-bond donors (Lipinski definition) is 0. The molecule has 1 heteroatoms. The SMILES string of the molecule is C=C1CC[C@@H]2C[C@@H]3C(=O)C(C)(C)C[C@@H]3[C@]12C. The van der Waals surface area contributed by atoms with E-state index in [2.05, 4.69) is 27.4 Å². The summed E-state index contributed by atoms with van der Waals surface area (Å²) in [7, 11) is 0. The zero-order valence-corrected chi connectivity index (χ0v) is 10.7. The van der Waals surface area contributed by atoms with E-state index in [1.807, 2.05) is 0 Å². The van der Waals surface area contributed by atoms with Crippen LogP contribution in [0.5, 0.6) is 0 Å². The largest absolute Gasteiger partial charge is 0.299 e. The van der Waals surface area contributed by atoms with Gasteiger partial charge in [0.1, 0.15) is 5.78 Å². The molecule has 0 heterocycles. The molecule has 0 N–H and O–H groups in total. The molecule has 3 fully saturated rings. The van der Waals surface area contributed by atoms with Crippen LogP contribution in [0.1, 0.15) is 46.5 Å².